The molecule has 0 fully saturated rings. The third-order valence-electron chi connectivity index (χ3n) is 2.73. The standard InChI is InChI=1S/C12H18O4S/c1-12(14,8-3-9-13)10-4-6-11(7-5-10)17(2,15)16/h4-7,13-14H,3,8-9H2,1-2H3. The van der Waals surface area contributed by atoms with E-state index in [1.54, 1.807) is 19.1 Å². The molecular weight excluding hydrogens is 240 g/mol. The van der Waals surface area contributed by atoms with Crippen molar-refractivity contribution >= 4 is 9.84 Å². The predicted molar refractivity (Wildman–Crippen MR) is 65.4 cm³/mol. The molecule has 96 valence electrons. The Bertz CT molecular complexity index is 460. The van der Waals surface area contributed by atoms with Crippen LogP contribution in [0.4, 0.5) is 0 Å². The van der Waals surface area contributed by atoms with Crippen molar-refractivity contribution < 1.29 is 18.6 Å². The molecule has 0 radical (unpaired) electrons. The van der Waals surface area contributed by atoms with Crippen LogP contribution >= 0.6 is 0 Å². The topological polar surface area (TPSA) is 74.6 Å². The lowest BCUT2D eigenvalue weighted by Gasteiger charge is -2.23. The fraction of sp³-hybridized carbons (Fsp3) is 0.500. The lowest BCUT2D eigenvalue weighted by atomic mass is 9.91. The summed E-state index contributed by atoms with van der Waals surface area (Å²) in [4.78, 5) is 0.235. The lowest BCUT2D eigenvalue weighted by Crippen LogP contribution is -2.21. The molecule has 0 aliphatic heterocycles. The molecule has 1 atom stereocenters. The molecule has 0 amide bonds. The van der Waals surface area contributed by atoms with Gasteiger partial charge in [0, 0.05) is 12.9 Å². The van der Waals surface area contributed by atoms with Crippen LogP contribution in [0.15, 0.2) is 29.2 Å². The summed E-state index contributed by atoms with van der Waals surface area (Å²) in [6.07, 6.45) is 2.08. The van der Waals surface area contributed by atoms with Gasteiger partial charge in [-0.1, -0.05) is 12.1 Å². The van der Waals surface area contributed by atoms with Crippen molar-refractivity contribution in [1.82, 2.24) is 0 Å². The molecule has 0 bridgehead atoms. The molecule has 1 aromatic rings. The van der Waals surface area contributed by atoms with Gasteiger partial charge in [0.1, 0.15) is 0 Å². The molecule has 17 heavy (non-hydrogen) atoms. The van der Waals surface area contributed by atoms with Gasteiger partial charge >= 0.3 is 0 Å². The number of hydrogen-bond acceptors (Lipinski definition) is 4. The molecule has 4 nitrogen and oxygen atoms in total. The summed E-state index contributed by atoms with van der Waals surface area (Å²) in [5.41, 5.74) is -0.392. The monoisotopic (exact) mass is 258 g/mol. The summed E-state index contributed by atoms with van der Waals surface area (Å²) in [6, 6.07) is 6.18. The Morgan fingerprint density at radius 3 is 2.18 bits per heavy atom. The Labute approximate surface area is 102 Å². The van der Waals surface area contributed by atoms with Gasteiger partial charge in [0.2, 0.25) is 0 Å². The van der Waals surface area contributed by atoms with Crippen molar-refractivity contribution in [2.45, 2.75) is 30.3 Å². The number of hydrogen-bond donors (Lipinski definition) is 2. The van der Waals surface area contributed by atoms with Crippen LogP contribution in [0.5, 0.6) is 0 Å². The fourth-order valence-corrected chi connectivity index (χ4v) is 2.26. The van der Waals surface area contributed by atoms with Gasteiger partial charge in [-0.3, -0.25) is 0 Å². The summed E-state index contributed by atoms with van der Waals surface area (Å²) in [5.74, 6) is 0. The quantitative estimate of drug-likeness (QED) is 0.828. The van der Waals surface area contributed by atoms with E-state index in [4.69, 9.17) is 5.11 Å². The first-order valence-corrected chi connectivity index (χ1v) is 7.30. The normalized spacial score (nSPS) is 15.5. The van der Waals surface area contributed by atoms with Crippen LogP contribution < -0.4 is 0 Å². The zero-order chi connectivity index (χ0) is 13.1. The summed E-state index contributed by atoms with van der Waals surface area (Å²) < 4.78 is 22.5. The highest BCUT2D eigenvalue weighted by molar-refractivity contribution is 7.90. The number of aliphatic hydroxyl groups is 2. The average molecular weight is 258 g/mol. The van der Waals surface area contributed by atoms with Crippen LogP contribution in [0.2, 0.25) is 0 Å². The number of aliphatic hydroxyl groups excluding tert-OH is 1. The maximum atomic E-state index is 11.3. The van der Waals surface area contributed by atoms with Crippen molar-refractivity contribution in [2.75, 3.05) is 12.9 Å². The van der Waals surface area contributed by atoms with Crippen molar-refractivity contribution in [1.29, 1.82) is 0 Å². The summed E-state index contributed by atoms with van der Waals surface area (Å²) in [7, 11) is -3.20. The molecule has 0 aliphatic carbocycles. The molecule has 0 saturated carbocycles. The summed E-state index contributed by atoms with van der Waals surface area (Å²) >= 11 is 0. The average Bonchev–Trinajstić information content (AvgIpc) is 2.25. The van der Waals surface area contributed by atoms with E-state index in [0.717, 1.165) is 6.26 Å². The minimum absolute atomic E-state index is 0.0254. The van der Waals surface area contributed by atoms with Crippen LogP contribution in [-0.2, 0) is 15.4 Å². The zero-order valence-corrected chi connectivity index (χ0v) is 10.9. The van der Waals surface area contributed by atoms with Crippen molar-refractivity contribution in [3.05, 3.63) is 29.8 Å². The van der Waals surface area contributed by atoms with E-state index >= 15 is 0 Å². The predicted octanol–water partition coefficient (Wildman–Crippen LogP) is 1.07. The fourth-order valence-electron chi connectivity index (χ4n) is 1.63. The van der Waals surface area contributed by atoms with Gasteiger partial charge in [0.25, 0.3) is 0 Å². The van der Waals surface area contributed by atoms with E-state index in [0.29, 0.717) is 18.4 Å². The molecule has 1 rings (SSSR count). The maximum absolute atomic E-state index is 11.3. The Kier molecular flexibility index (Phi) is 4.30. The highest BCUT2D eigenvalue weighted by Crippen LogP contribution is 2.26. The molecule has 0 saturated heterocycles. The van der Waals surface area contributed by atoms with Crippen molar-refractivity contribution in [2.24, 2.45) is 0 Å². The van der Waals surface area contributed by atoms with Gasteiger partial charge in [-0.2, -0.15) is 0 Å². The molecule has 0 spiro atoms. The Morgan fingerprint density at radius 1 is 1.24 bits per heavy atom. The first-order valence-electron chi connectivity index (χ1n) is 5.41. The van der Waals surface area contributed by atoms with E-state index in [9.17, 15) is 13.5 Å². The van der Waals surface area contributed by atoms with Crippen LogP contribution in [0.25, 0.3) is 0 Å². The summed E-state index contributed by atoms with van der Waals surface area (Å²) in [5, 5.41) is 18.9. The highest BCUT2D eigenvalue weighted by Gasteiger charge is 2.22. The van der Waals surface area contributed by atoms with E-state index < -0.39 is 15.4 Å². The van der Waals surface area contributed by atoms with Crippen LogP contribution in [0.3, 0.4) is 0 Å². The maximum Gasteiger partial charge on any atom is 0.175 e. The first-order chi connectivity index (χ1) is 7.77. The number of benzene rings is 1. The van der Waals surface area contributed by atoms with Gasteiger partial charge in [0.05, 0.1) is 10.5 Å². The van der Waals surface area contributed by atoms with Crippen LogP contribution in [0, 0.1) is 0 Å². The second kappa shape index (κ2) is 5.16. The smallest absolute Gasteiger partial charge is 0.175 e. The molecule has 5 heteroatoms. The largest absolute Gasteiger partial charge is 0.396 e. The Morgan fingerprint density at radius 2 is 1.76 bits per heavy atom. The van der Waals surface area contributed by atoms with Crippen LogP contribution in [0.1, 0.15) is 25.3 Å². The van der Waals surface area contributed by atoms with E-state index in [1.807, 2.05) is 0 Å². The SMILES string of the molecule is CC(O)(CCCO)c1ccc(S(C)(=O)=O)cc1. The minimum atomic E-state index is -3.20. The van der Waals surface area contributed by atoms with Crippen LogP contribution in [-0.4, -0.2) is 31.5 Å². The molecule has 0 aliphatic rings. The second-order valence-corrected chi connectivity index (χ2v) is 6.41. The lowest BCUT2D eigenvalue weighted by molar-refractivity contribution is 0.0403. The Balaban J connectivity index is 2.94. The van der Waals surface area contributed by atoms with Gasteiger partial charge in [-0.15, -0.1) is 0 Å². The van der Waals surface area contributed by atoms with E-state index in [1.165, 1.54) is 12.1 Å². The Hall–Kier alpha value is -0.910. The van der Waals surface area contributed by atoms with Gasteiger partial charge in [0.15, 0.2) is 9.84 Å². The summed E-state index contributed by atoms with van der Waals surface area (Å²) in [6.45, 7) is 1.68. The third kappa shape index (κ3) is 3.80. The third-order valence-corrected chi connectivity index (χ3v) is 3.85. The van der Waals surface area contributed by atoms with E-state index in [2.05, 4.69) is 0 Å². The van der Waals surface area contributed by atoms with Crippen molar-refractivity contribution in [3.63, 3.8) is 0 Å². The second-order valence-electron chi connectivity index (χ2n) is 4.40. The molecule has 0 heterocycles. The van der Waals surface area contributed by atoms with E-state index in [-0.39, 0.29) is 11.5 Å². The van der Waals surface area contributed by atoms with Gasteiger partial charge in [-0.05, 0) is 37.5 Å². The zero-order valence-electron chi connectivity index (χ0n) is 10.0. The number of rotatable bonds is 5. The molecule has 1 aromatic carbocycles. The highest BCUT2D eigenvalue weighted by atomic mass is 32.2. The van der Waals surface area contributed by atoms with Crippen molar-refractivity contribution in [3.8, 4) is 0 Å². The molecule has 2 N–H and O–H groups in total. The molecule has 0 aromatic heterocycles. The first kappa shape index (κ1) is 14.2. The van der Waals surface area contributed by atoms with Gasteiger partial charge in [-0.25, -0.2) is 8.42 Å². The molecular formula is C12H18O4S. The molecule has 1 unspecified atom stereocenters. The number of sulfone groups is 1. The van der Waals surface area contributed by atoms with Gasteiger partial charge < -0.3 is 10.2 Å². The minimum Gasteiger partial charge on any atom is -0.396 e.